The van der Waals surface area contributed by atoms with Crippen molar-refractivity contribution in [3.05, 3.63) is 71.3 Å². The minimum atomic E-state index is -1.04. The van der Waals surface area contributed by atoms with Gasteiger partial charge in [0.15, 0.2) is 0 Å². The Hall–Kier alpha value is -4.10. The maximum Gasteiger partial charge on any atom is 0.481 e. The van der Waals surface area contributed by atoms with E-state index in [-0.39, 0.29) is 31.1 Å². The fourth-order valence-corrected chi connectivity index (χ4v) is 9.46. The van der Waals surface area contributed by atoms with E-state index >= 15 is 0 Å². The van der Waals surface area contributed by atoms with Gasteiger partial charge in [0.2, 0.25) is 11.8 Å². The molecule has 5 fully saturated rings. The molecule has 6 aliphatic rings. The number of hydrogen-bond donors (Lipinski definition) is 2. The van der Waals surface area contributed by atoms with E-state index in [0.717, 1.165) is 29.5 Å². The zero-order chi connectivity index (χ0) is 38.6. The van der Waals surface area contributed by atoms with Crippen LogP contribution in [0, 0.1) is 22.7 Å². The van der Waals surface area contributed by atoms with Crippen molar-refractivity contribution in [3.63, 3.8) is 0 Å². The molecule has 0 radical (unpaired) electrons. The number of nitrogens with one attached hydrogen (secondary N) is 2. The zero-order valence-electron chi connectivity index (χ0n) is 32.6. The van der Waals surface area contributed by atoms with Crippen molar-refractivity contribution < 1.29 is 38.0 Å². The van der Waals surface area contributed by atoms with Crippen LogP contribution in [0.25, 0.3) is 0 Å². The molecule has 0 spiro atoms. The van der Waals surface area contributed by atoms with E-state index in [9.17, 15) is 19.2 Å². The van der Waals surface area contributed by atoms with E-state index in [2.05, 4.69) is 31.4 Å². The van der Waals surface area contributed by atoms with Crippen LogP contribution < -0.4 is 10.6 Å². The molecular weight excluding hydrogens is 687 g/mol. The number of ether oxygens (including phenoxy) is 2. The molecule has 2 saturated heterocycles. The van der Waals surface area contributed by atoms with E-state index in [1.54, 1.807) is 4.90 Å². The summed E-state index contributed by atoms with van der Waals surface area (Å²) >= 11 is 0. The number of rotatable bonds is 9. The third-order valence-corrected chi connectivity index (χ3v) is 12.9. The first-order valence-corrected chi connectivity index (χ1v) is 19.5. The molecule has 3 aliphatic carbocycles. The Labute approximate surface area is 319 Å². The number of likely N-dealkylation sites (tertiary alicyclic amines) is 1. The van der Waals surface area contributed by atoms with Gasteiger partial charge in [-0.3, -0.25) is 14.5 Å². The molecule has 12 nitrogen and oxygen atoms in total. The molecule has 8 rings (SSSR count). The van der Waals surface area contributed by atoms with Crippen LogP contribution in [0.4, 0.5) is 9.59 Å². The topological polar surface area (TPSA) is 136 Å². The molecule has 2 aromatic rings. The number of carbonyl (C=O) groups excluding carboxylic acids is 4. The molecule has 0 aromatic heterocycles. The van der Waals surface area contributed by atoms with Crippen molar-refractivity contribution in [1.82, 2.24) is 20.4 Å². The molecule has 2 N–H and O–H groups in total. The highest BCUT2D eigenvalue weighted by atomic mass is 16.7. The van der Waals surface area contributed by atoms with Crippen molar-refractivity contribution >= 4 is 31.1 Å². The summed E-state index contributed by atoms with van der Waals surface area (Å²) in [7, 11) is -0.636. The summed E-state index contributed by atoms with van der Waals surface area (Å²) in [5.74, 6) is -0.363. The summed E-state index contributed by atoms with van der Waals surface area (Å²) in [4.78, 5) is 58.6. The van der Waals surface area contributed by atoms with E-state index in [0.29, 0.717) is 31.3 Å². The fraction of sp³-hybridized carbons (Fsp3) is 0.610. The Morgan fingerprint density at radius 3 is 2.24 bits per heavy atom. The smallest absolute Gasteiger partial charge is 0.445 e. The lowest BCUT2D eigenvalue weighted by molar-refractivity contribution is -0.199. The SMILES string of the molecule is CC[C@H](NC(=O)[C@@H]1C[C@@H](OC(=O)N2Cc3ccccc3C2)CN1C(=O)[C@@H](NC(=O)OCc1ccccc1)C(C)(C)C)B1O[C@@H]2C[C@@H]3C[C@@H](C3(C)C)[C@]2(C)O1. The summed E-state index contributed by atoms with van der Waals surface area (Å²) in [5, 5.41) is 5.94. The number of hydrogen-bond acceptors (Lipinski definition) is 8. The maximum atomic E-state index is 14.6. The van der Waals surface area contributed by atoms with E-state index in [4.69, 9.17) is 18.8 Å². The van der Waals surface area contributed by atoms with Crippen molar-refractivity contribution in [2.45, 2.75) is 130 Å². The van der Waals surface area contributed by atoms with Gasteiger partial charge < -0.3 is 34.3 Å². The van der Waals surface area contributed by atoms with Gasteiger partial charge in [0.1, 0.15) is 24.8 Å². The minimum absolute atomic E-state index is 0.0116. The monoisotopic (exact) mass is 742 g/mol. The second-order valence-corrected chi connectivity index (χ2v) is 17.7. The number of alkyl carbamates (subject to hydrolysis) is 1. The van der Waals surface area contributed by atoms with Gasteiger partial charge in [-0.25, -0.2) is 9.59 Å². The van der Waals surface area contributed by atoms with Crippen molar-refractivity contribution in [3.8, 4) is 0 Å². The first kappa shape index (κ1) is 38.2. The molecule has 13 heteroatoms. The molecule has 3 saturated carbocycles. The van der Waals surface area contributed by atoms with Crippen molar-refractivity contribution in [1.29, 1.82) is 0 Å². The second kappa shape index (κ2) is 14.5. The Morgan fingerprint density at radius 1 is 0.944 bits per heavy atom. The summed E-state index contributed by atoms with van der Waals surface area (Å²) in [6, 6.07) is 15.1. The Balaban J connectivity index is 1.07. The highest BCUT2D eigenvalue weighted by Crippen LogP contribution is 2.65. The molecule has 2 aromatic carbocycles. The van der Waals surface area contributed by atoms with Crippen molar-refractivity contribution in [2.75, 3.05) is 6.54 Å². The molecule has 0 unspecified atom stereocenters. The van der Waals surface area contributed by atoms with Crippen molar-refractivity contribution in [2.24, 2.45) is 22.7 Å². The zero-order valence-corrected chi connectivity index (χ0v) is 32.6. The predicted molar refractivity (Wildman–Crippen MR) is 201 cm³/mol. The standard InChI is InChI=1S/C41H55BN4O8/c1-8-33(42-53-32-19-28-18-31(40(28,5)6)41(32,7)54-42)43-35(47)30-20-29(52-38(50)45-21-26-16-12-13-17-27(26)22-45)23-46(30)36(48)34(39(2,3)4)44-37(49)51-24-25-14-10-9-11-15-25/h9-17,28-34H,8,18-24H2,1-7H3,(H,43,47)(H,44,49)/t28-,29+,30-,31-,32+,33-,34+,41-/m0/s1. The molecule has 8 atom stereocenters. The molecule has 2 bridgehead atoms. The van der Waals surface area contributed by atoms with E-state index < -0.39 is 66.3 Å². The molecule has 3 aliphatic heterocycles. The van der Waals surface area contributed by atoms with Gasteiger partial charge >= 0.3 is 19.3 Å². The van der Waals surface area contributed by atoms with Gasteiger partial charge in [-0.15, -0.1) is 0 Å². The Bertz CT molecular complexity index is 1730. The summed E-state index contributed by atoms with van der Waals surface area (Å²) in [6.45, 7) is 15.1. The first-order valence-electron chi connectivity index (χ1n) is 19.5. The van der Waals surface area contributed by atoms with E-state index in [1.165, 1.54) is 4.90 Å². The molecule has 54 heavy (non-hydrogen) atoms. The lowest BCUT2D eigenvalue weighted by Gasteiger charge is -2.64. The number of amides is 4. The lowest BCUT2D eigenvalue weighted by atomic mass is 9.43. The largest absolute Gasteiger partial charge is 0.481 e. The third-order valence-electron chi connectivity index (χ3n) is 12.9. The molecule has 4 amide bonds. The highest BCUT2D eigenvalue weighted by Gasteiger charge is 2.68. The normalized spacial score (nSPS) is 29.0. The maximum absolute atomic E-state index is 14.6. The number of nitrogens with zero attached hydrogens (tertiary/aromatic N) is 2. The number of carbonyl (C=O) groups is 4. The summed E-state index contributed by atoms with van der Waals surface area (Å²) in [6.07, 6.45) is 0.640. The van der Waals surface area contributed by atoms with Gasteiger partial charge in [-0.2, -0.15) is 0 Å². The number of fused-ring (bicyclic) bond motifs is 1. The minimum Gasteiger partial charge on any atom is -0.445 e. The van der Waals surface area contributed by atoms with Crippen LogP contribution >= 0.6 is 0 Å². The van der Waals surface area contributed by atoms with Gasteiger partial charge in [0.25, 0.3) is 0 Å². The molecular formula is C41H55BN4O8. The summed E-state index contributed by atoms with van der Waals surface area (Å²) < 4.78 is 24.8. The van der Waals surface area contributed by atoms with Crippen LogP contribution in [-0.2, 0) is 48.1 Å². The fourth-order valence-electron chi connectivity index (χ4n) is 9.46. The summed E-state index contributed by atoms with van der Waals surface area (Å²) in [5.41, 5.74) is 1.91. The predicted octanol–water partition coefficient (Wildman–Crippen LogP) is 5.61. The van der Waals surface area contributed by atoms with Gasteiger partial charge in [-0.1, -0.05) is 96.1 Å². The number of benzene rings is 2. The van der Waals surface area contributed by atoms with Crippen LogP contribution in [0.2, 0.25) is 0 Å². The lowest BCUT2D eigenvalue weighted by Crippen LogP contribution is -2.65. The van der Waals surface area contributed by atoms with Crippen LogP contribution in [0.15, 0.2) is 54.6 Å². The molecule has 290 valence electrons. The molecule has 3 heterocycles. The van der Waals surface area contributed by atoms with Gasteiger partial charge in [0, 0.05) is 19.5 Å². The first-order chi connectivity index (χ1) is 25.6. The van der Waals surface area contributed by atoms with Crippen LogP contribution in [0.3, 0.4) is 0 Å². The average molecular weight is 743 g/mol. The van der Waals surface area contributed by atoms with E-state index in [1.807, 2.05) is 82.3 Å². The van der Waals surface area contributed by atoms with Crippen LogP contribution in [0.1, 0.15) is 90.8 Å². The van der Waals surface area contributed by atoms with Gasteiger partial charge in [0.05, 0.1) is 24.2 Å². The second-order valence-electron chi connectivity index (χ2n) is 17.7. The highest BCUT2D eigenvalue weighted by molar-refractivity contribution is 6.47. The quantitative estimate of drug-likeness (QED) is 0.317. The third kappa shape index (κ3) is 7.21. The Morgan fingerprint density at radius 2 is 1.61 bits per heavy atom. The average Bonchev–Trinajstić information content (AvgIpc) is 3.86. The van der Waals surface area contributed by atoms with Crippen LogP contribution in [0.5, 0.6) is 0 Å². The van der Waals surface area contributed by atoms with Crippen LogP contribution in [-0.4, -0.2) is 83.3 Å². The van der Waals surface area contributed by atoms with Gasteiger partial charge in [-0.05, 0) is 65.5 Å². The Kier molecular flexibility index (Phi) is 10.3.